The van der Waals surface area contributed by atoms with Crippen molar-refractivity contribution in [3.05, 3.63) is 11.3 Å². The average molecular weight is 237 g/mol. The molecule has 0 aromatic carbocycles. The lowest BCUT2D eigenvalue weighted by Gasteiger charge is -2.09. The Labute approximate surface area is 101 Å². The molecular formula is C11H19N5O. The monoisotopic (exact) mass is 237 g/mol. The van der Waals surface area contributed by atoms with Crippen LogP contribution in [0.1, 0.15) is 17.7 Å². The van der Waals surface area contributed by atoms with Gasteiger partial charge in [-0.25, -0.2) is 4.98 Å². The summed E-state index contributed by atoms with van der Waals surface area (Å²) in [7, 11) is 3.70. The minimum absolute atomic E-state index is 0.629. The van der Waals surface area contributed by atoms with Crippen LogP contribution in [-0.4, -0.2) is 42.1 Å². The summed E-state index contributed by atoms with van der Waals surface area (Å²) in [4.78, 5) is 11.0. The van der Waals surface area contributed by atoms with Crippen molar-refractivity contribution >= 4 is 5.95 Å². The van der Waals surface area contributed by atoms with Gasteiger partial charge in [0.05, 0.1) is 18.4 Å². The van der Waals surface area contributed by atoms with Crippen LogP contribution in [0.15, 0.2) is 0 Å². The van der Waals surface area contributed by atoms with E-state index in [2.05, 4.69) is 27.2 Å². The molecule has 1 aromatic heterocycles. The van der Waals surface area contributed by atoms with Gasteiger partial charge in [-0.1, -0.05) is 0 Å². The Morgan fingerprint density at radius 1 is 1.41 bits per heavy atom. The lowest BCUT2D eigenvalue weighted by Crippen LogP contribution is -2.12. The molecule has 2 heterocycles. The molecule has 2 rings (SSSR count). The highest BCUT2D eigenvalue weighted by Gasteiger charge is 2.23. The van der Waals surface area contributed by atoms with Crippen molar-refractivity contribution < 1.29 is 4.74 Å². The Morgan fingerprint density at radius 3 is 2.94 bits per heavy atom. The lowest BCUT2D eigenvalue weighted by atomic mass is 10.2. The van der Waals surface area contributed by atoms with E-state index in [1.807, 2.05) is 0 Å². The Balaban J connectivity index is 2.17. The van der Waals surface area contributed by atoms with E-state index in [9.17, 15) is 0 Å². The molecule has 0 amide bonds. The molecule has 0 unspecified atom stereocenters. The summed E-state index contributed by atoms with van der Waals surface area (Å²) >= 11 is 0. The van der Waals surface area contributed by atoms with E-state index in [1.54, 1.807) is 7.11 Å². The van der Waals surface area contributed by atoms with Crippen LogP contribution in [0.5, 0.6) is 5.88 Å². The topological polar surface area (TPSA) is 76.3 Å². The SMILES string of the molecule is COc1nc(NCCCN)nc2c1CN(C)C2. The molecule has 1 aliphatic rings. The van der Waals surface area contributed by atoms with Gasteiger partial charge < -0.3 is 15.8 Å². The summed E-state index contributed by atoms with van der Waals surface area (Å²) in [5.74, 6) is 1.30. The van der Waals surface area contributed by atoms with E-state index in [0.29, 0.717) is 18.4 Å². The third-order valence-corrected chi connectivity index (χ3v) is 2.76. The first kappa shape index (κ1) is 12.1. The fourth-order valence-corrected chi connectivity index (χ4v) is 1.93. The van der Waals surface area contributed by atoms with E-state index in [4.69, 9.17) is 10.5 Å². The molecule has 0 aliphatic carbocycles. The lowest BCUT2D eigenvalue weighted by molar-refractivity contribution is 0.342. The number of aromatic nitrogens is 2. The Bertz CT molecular complexity index is 396. The summed E-state index contributed by atoms with van der Waals surface area (Å²) in [6, 6.07) is 0. The van der Waals surface area contributed by atoms with E-state index in [-0.39, 0.29) is 0 Å². The maximum absolute atomic E-state index is 5.44. The number of nitrogens with one attached hydrogen (secondary N) is 1. The van der Waals surface area contributed by atoms with E-state index >= 15 is 0 Å². The number of hydrogen-bond acceptors (Lipinski definition) is 6. The first-order chi connectivity index (χ1) is 8.24. The number of methoxy groups -OCH3 is 1. The first-order valence-electron chi connectivity index (χ1n) is 5.81. The van der Waals surface area contributed by atoms with Crippen LogP contribution in [0.3, 0.4) is 0 Å². The third-order valence-electron chi connectivity index (χ3n) is 2.76. The highest BCUT2D eigenvalue weighted by molar-refractivity contribution is 5.40. The summed E-state index contributed by atoms with van der Waals surface area (Å²) in [6.07, 6.45) is 0.905. The number of anilines is 1. The molecule has 94 valence electrons. The standard InChI is InChI=1S/C11H19N5O/c1-16-6-8-9(7-16)14-11(13-5-3-4-12)15-10(8)17-2/h3-7,12H2,1-2H3,(H,13,14,15). The third kappa shape index (κ3) is 2.65. The van der Waals surface area contributed by atoms with Crippen molar-refractivity contribution in [1.29, 1.82) is 0 Å². The van der Waals surface area contributed by atoms with Gasteiger partial charge in [-0.05, 0) is 20.0 Å². The fraction of sp³-hybridized carbons (Fsp3) is 0.636. The molecule has 0 spiro atoms. The highest BCUT2D eigenvalue weighted by Crippen LogP contribution is 2.28. The van der Waals surface area contributed by atoms with Crippen LogP contribution in [-0.2, 0) is 13.1 Å². The van der Waals surface area contributed by atoms with E-state index in [0.717, 1.165) is 37.3 Å². The zero-order chi connectivity index (χ0) is 12.3. The van der Waals surface area contributed by atoms with Crippen LogP contribution >= 0.6 is 0 Å². The Kier molecular flexibility index (Phi) is 3.75. The predicted molar refractivity (Wildman–Crippen MR) is 65.9 cm³/mol. The molecule has 6 nitrogen and oxygen atoms in total. The van der Waals surface area contributed by atoms with Crippen molar-refractivity contribution in [3.8, 4) is 5.88 Å². The first-order valence-corrected chi connectivity index (χ1v) is 5.81. The van der Waals surface area contributed by atoms with Crippen molar-refractivity contribution in [2.75, 3.05) is 32.6 Å². The van der Waals surface area contributed by atoms with Gasteiger partial charge in [0, 0.05) is 19.6 Å². The number of nitrogens with two attached hydrogens (primary N) is 1. The fourth-order valence-electron chi connectivity index (χ4n) is 1.93. The van der Waals surface area contributed by atoms with Gasteiger partial charge in [-0.15, -0.1) is 0 Å². The normalized spacial score (nSPS) is 14.8. The smallest absolute Gasteiger partial charge is 0.226 e. The molecule has 0 bridgehead atoms. The maximum Gasteiger partial charge on any atom is 0.226 e. The number of fused-ring (bicyclic) bond motifs is 1. The molecule has 17 heavy (non-hydrogen) atoms. The molecule has 0 saturated carbocycles. The van der Waals surface area contributed by atoms with Gasteiger partial charge in [0.2, 0.25) is 11.8 Å². The minimum Gasteiger partial charge on any atom is -0.481 e. The number of hydrogen-bond donors (Lipinski definition) is 2. The largest absolute Gasteiger partial charge is 0.481 e. The minimum atomic E-state index is 0.629. The summed E-state index contributed by atoms with van der Waals surface area (Å²) in [5.41, 5.74) is 7.59. The van der Waals surface area contributed by atoms with Crippen molar-refractivity contribution in [2.45, 2.75) is 19.5 Å². The van der Waals surface area contributed by atoms with Gasteiger partial charge in [-0.3, -0.25) is 4.90 Å². The summed E-state index contributed by atoms with van der Waals surface area (Å²) < 4.78 is 5.31. The Hall–Kier alpha value is -1.40. The van der Waals surface area contributed by atoms with Crippen LogP contribution < -0.4 is 15.8 Å². The number of rotatable bonds is 5. The van der Waals surface area contributed by atoms with Crippen molar-refractivity contribution in [3.63, 3.8) is 0 Å². The molecule has 6 heteroatoms. The predicted octanol–water partition coefficient (Wildman–Crippen LogP) is 0.191. The van der Waals surface area contributed by atoms with Gasteiger partial charge in [-0.2, -0.15) is 4.98 Å². The second-order valence-corrected chi connectivity index (χ2v) is 4.22. The number of ether oxygens (including phenoxy) is 1. The van der Waals surface area contributed by atoms with Crippen LogP contribution in [0.25, 0.3) is 0 Å². The van der Waals surface area contributed by atoms with Crippen LogP contribution in [0.2, 0.25) is 0 Å². The zero-order valence-electron chi connectivity index (χ0n) is 10.4. The van der Waals surface area contributed by atoms with Crippen LogP contribution in [0.4, 0.5) is 5.95 Å². The Morgan fingerprint density at radius 2 is 2.24 bits per heavy atom. The zero-order valence-corrected chi connectivity index (χ0v) is 10.4. The summed E-state index contributed by atoms with van der Waals surface area (Å²) in [6.45, 7) is 3.15. The average Bonchev–Trinajstić information content (AvgIpc) is 2.68. The molecule has 3 N–H and O–H groups in total. The number of nitrogens with zero attached hydrogens (tertiary/aromatic N) is 3. The molecule has 0 saturated heterocycles. The van der Waals surface area contributed by atoms with Crippen LogP contribution in [0, 0.1) is 0 Å². The molecule has 1 aliphatic heterocycles. The molecule has 0 atom stereocenters. The van der Waals surface area contributed by atoms with Gasteiger partial charge in [0.15, 0.2) is 0 Å². The molecule has 1 aromatic rings. The quantitative estimate of drug-likeness (QED) is 0.712. The van der Waals surface area contributed by atoms with E-state index < -0.39 is 0 Å². The van der Waals surface area contributed by atoms with E-state index in [1.165, 1.54) is 0 Å². The highest BCUT2D eigenvalue weighted by atomic mass is 16.5. The molecule has 0 fully saturated rings. The van der Waals surface area contributed by atoms with Gasteiger partial charge >= 0.3 is 0 Å². The second-order valence-electron chi connectivity index (χ2n) is 4.22. The maximum atomic E-state index is 5.44. The molecule has 0 radical (unpaired) electrons. The second kappa shape index (κ2) is 5.29. The van der Waals surface area contributed by atoms with Gasteiger partial charge in [0.25, 0.3) is 0 Å². The van der Waals surface area contributed by atoms with Crippen molar-refractivity contribution in [1.82, 2.24) is 14.9 Å². The van der Waals surface area contributed by atoms with Crippen molar-refractivity contribution in [2.24, 2.45) is 5.73 Å². The summed E-state index contributed by atoms with van der Waals surface area (Å²) in [5, 5.41) is 3.16. The van der Waals surface area contributed by atoms with Gasteiger partial charge in [0.1, 0.15) is 0 Å². The molecular weight excluding hydrogens is 218 g/mol.